The summed E-state index contributed by atoms with van der Waals surface area (Å²) in [4.78, 5) is 23.1. The maximum atomic E-state index is 12.4. The number of nitrogens with one attached hydrogen (secondary N) is 1. The van der Waals surface area contributed by atoms with Crippen molar-refractivity contribution in [3.63, 3.8) is 0 Å². The molecule has 144 valence electrons. The lowest BCUT2D eigenvalue weighted by Crippen LogP contribution is -2.27. The van der Waals surface area contributed by atoms with Crippen LogP contribution in [0.25, 0.3) is 6.08 Å². The molecule has 0 spiro atoms. The second kappa shape index (κ2) is 9.93. The van der Waals surface area contributed by atoms with Crippen molar-refractivity contribution in [2.75, 3.05) is 6.61 Å². The number of halogens is 2. The maximum absolute atomic E-state index is 12.4. The van der Waals surface area contributed by atoms with E-state index in [1.54, 1.807) is 6.07 Å². The van der Waals surface area contributed by atoms with Gasteiger partial charge in [-0.2, -0.15) is 5.26 Å². The molecule has 8 heteroatoms. The van der Waals surface area contributed by atoms with E-state index < -0.39 is 18.5 Å². The van der Waals surface area contributed by atoms with Gasteiger partial charge in [0.05, 0.1) is 15.5 Å². The summed E-state index contributed by atoms with van der Waals surface area (Å²) >= 11 is 9.38. The molecule has 0 heterocycles. The molecular weight excluding hydrogens is 448 g/mol. The first kappa shape index (κ1) is 21.5. The van der Waals surface area contributed by atoms with Crippen LogP contribution in [0.5, 0.6) is 5.75 Å². The Morgan fingerprint density at radius 1 is 1.36 bits per heavy atom. The second-order valence-corrected chi connectivity index (χ2v) is 7.03. The van der Waals surface area contributed by atoms with E-state index in [0.29, 0.717) is 10.0 Å². The van der Waals surface area contributed by atoms with Crippen LogP contribution in [0.2, 0.25) is 5.02 Å². The maximum Gasteiger partial charge on any atom is 0.341 e. The Morgan fingerprint density at radius 3 is 2.61 bits per heavy atom. The minimum Gasteiger partial charge on any atom is -0.479 e. The SMILES string of the molecule is C[C@@H](NC(=O)/C(C#N)=C\c1cc(Cl)c(OCC(=O)O)c(Br)c1)c1ccccc1. The molecule has 0 aliphatic carbocycles. The average molecular weight is 464 g/mol. The number of carbonyl (C=O) groups excluding carboxylic acids is 1. The van der Waals surface area contributed by atoms with E-state index in [1.807, 2.05) is 43.3 Å². The standard InChI is InChI=1S/C20H16BrClN2O4/c1-12(14-5-3-2-4-6-14)24-20(27)15(10-23)7-13-8-16(21)19(17(22)9-13)28-11-18(25)26/h2-9,12H,11H2,1H3,(H,24,27)(H,25,26)/b15-7-/t12-/m1/s1. The Balaban J connectivity index is 2.20. The van der Waals surface area contributed by atoms with Crippen molar-refractivity contribution in [2.24, 2.45) is 0 Å². The van der Waals surface area contributed by atoms with Crippen LogP contribution in [-0.2, 0) is 9.59 Å². The number of ether oxygens (including phenoxy) is 1. The third-order valence-electron chi connectivity index (χ3n) is 3.68. The lowest BCUT2D eigenvalue weighted by Gasteiger charge is -2.14. The first-order valence-corrected chi connectivity index (χ1v) is 9.30. The van der Waals surface area contributed by atoms with Crippen molar-refractivity contribution < 1.29 is 19.4 Å². The highest BCUT2D eigenvalue weighted by Gasteiger charge is 2.15. The monoisotopic (exact) mass is 462 g/mol. The van der Waals surface area contributed by atoms with Crippen LogP contribution in [0, 0.1) is 11.3 Å². The van der Waals surface area contributed by atoms with Crippen molar-refractivity contribution in [3.05, 3.63) is 68.7 Å². The number of aliphatic carboxylic acids is 1. The number of hydrogen-bond acceptors (Lipinski definition) is 4. The van der Waals surface area contributed by atoms with E-state index in [9.17, 15) is 14.9 Å². The van der Waals surface area contributed by atoms with Gasteiger partial charge in [-0.15, -0.1) is 0 Å². The number of nitrogens with zero attached hydrogens (tertiary/aromatic N) is 1. The molecule has 0 unspecified atom stereocenters. The minimum atomic E-state index is -1.14. The zero-order valence-electron chi connectivity index (χ0n) is 14.8. The van der Waals surface area contributed by atoms with Gasteiger partial charge in [-0.25, -0.2) is 4.79 Å². The molecule has 2 rings (SSSR count). The van der Waals surface area contributed by atoms with Crippen LogP contribution in [0.1, 0.15) is 24.1 Å². The molecule has 0 saturated carbocycles. The molecule has 0 aliphatic heterocycles. The summed E-state index contributed by atoms with van der Waals surface area (Å²) in [5, 5.41) is 21.0. The van der Waals surface area contributed by atoms with Gasteiger partial charge in [-0.1, -0.05) is 41.9 Å². The summed E-state index contributed by atoms with van der Waals surface area (Å²) in [5.74, 6) is -1.48. The Morgan fingerprint density at radius 2 is 2.04 bits per heavy atom. The highest BCUT2D eigenvalue weighted by Crippen LogP contribution is 2.35. The van der Waals surface area contributed by atoms with E-state index in [-0.39, 0.29) is 22.4 Å². The van der Waals surface area contributed by atoms with Gasteiger partial charge in [0, 0.05) is 0 Å². The van der Waals surface area contributed by atoms with Crippen LogP contribution in [0.4, 0.5) is 0 Å². The lowest BCUT2D eigenvalue weighted by molar-refractivity contribution is -0.139. The molecule has 6 nitrogen and oxygen atoms in total. The predicted molar refractivity (Wildman–Crippen MR) is 109 cm³/mol. The first-order valence-electron chi connectivity index (χ1n) is 8.13. The van der Waals surface area contributed by atoms with Gasteiger partial charge in [-0.3, -0.25) is 4.79 Å². The molecule has 2 aromatic carbocycles. The molecule has 0 bridgehead atoms. The van der Waals surface area contributed by atoms with Gasteiger partial charge < -0.3 is 15.2 Å². The number of carboxylic acid groups (broad SMARTS) is 1. The number of carboxylic acids is 1. The minimum absolute atomic E-state index is 0.0926. The van der Waals surface area contributed by atoms with E-state index in [2.05, 4.69) is 21.2 Å². The Kier molecular flexibility index (Phi) is 7.61. The van der Waals surface area contributed by atoms with E-state index in [0.717, 1.165) is 5.56 Å². The Hall–Kier alpha value is -2.82. The normalized spacial score (nSPS) is 12.0. The summed E-state index contributed by atoms with van der Waals surface area (Å²) in [6, 6.07) is 14.0. The van der Waals surface area contributed by atoms with Crippen LogP contribution < -0.4 is 10.1 Å². The fourth-order valence-corrected chi connectivity index (χ4v) is 3.34. The molecule has 0 aromatic heterocycles. The van der Waals surface area contributed by atoms with Gasteiger partial charge in [0.15, 0.2) is 12.4 Å². The zero-order valence-corrected chi connectivity index (χ0v) is 17.1. The molecule has 28 heavy (non-hydrogen) atoms. The van der Waals surface area contributed by atoms with Gasteiger partial charge in [0.2, 0.25) is 0 Å². The van der Waals surface area contributed by atoms with E-state index >= 15 is 0 Å². The summed E-state index contributed by atoms with van der Waals surface area (Å²) in [6.45, 7) is 1.28. The number of carbonyl (C=O) groups is 2. The molecule has 1 amide bonds. The molecule has 0 radical (unpaired) electrons. The van der Waals surface area contributed by atoms with Crippen molar-refractivity contribution in [1.82, 2.24) is 5.32 Å². The van der Waals surface area contributed by atoms with Crippen molar-refractivity contribution in [2.45, 2.75) is 13.0 Å². The van der Waals surface area contributed by atoms with Gasteiger partial charge >= 0.3 is 5.97 Å². The van der Waals surface area contributed by atoms with Crippen molar-refractivity contribution >= 4 is 45.5 Å². The van der Waals surface area contributed by atoms with Crippen molar-refractivity contribution in [3.8, 4) is 11.8 Å². The average Bonchev–Trinajstić information content (AvgIpc) is 2.65. The van der Waals surface area contributed by atoms with E-state index in [1.165, 1.54) is 12.1 Å². The lowest BCUT2D eigenvalue weighted by atomic mass is 10.1. The molecule has 2 aromatic rings. The molecule has 0 fully saturated rings. The van der Waals surface area contributed by atoms with Crippen LogP contribution in [0.3, 0.4) is 0 Å². The summed E-state index contributed by atoms with van der Waals surface area (Å²) in [6.07, 6.45) is 1.39. The van der Waals surface area contributed by atoms with Gasteiger partial charge in [0.25, 0.3) is 5.91 Å². The van der Waals surface area contributed by atoms with Crippen LogP contribution in [0.15, 0.2) is 52.5 Å². The third kappa shape index (κ3) is 5.84. The highest BCUT2D eigenvalue weighted by atomic mass is 79.9. The summed E-state index contributed by atoms with van der Waals surface area (Å²) in [7, 11) is 0. The largest absolute Gasteiger partial charge is 0.479 e. The summed E-state index contributed by atoms with van der Waals surface area (Å²) in [5.41, 5.74) is 1.31. The van der Waals surface area contributed by atoms with Crippen LogP contribution in [-0.4, -0.2) is 23.6 Å². The Bertz CT molecular complexity index is 931. The Labute approximate surface area is 175 Å². The summed E-state index contributed by atoms with van der Waals surface area (Å²) < 4.78 is 5.53. The van der Waals surface area contributed by atoms with E-state index in [4.69, 9.17) is 21.4 Å². The van der Waals surface area contributed by atoms with Crippen molar-refractivity contribution in [1.29, 1.82) is 5.26 Å². The second-order valence-electron chi connectivity index (χ2n) is 5.77. The molecular formula is C20H16BrClN2O4. The quantitative estimate of drug-likeness (QED) is 0.470. The molecule has 0 saturated heterocycles. The fourth-order valence-electron chi connectivity index (χ4n) is 2.35. The van der Waals surface area contributed by atoms with Gasteiger partial charge in [-0.05, 0) is 52.2 Å². The number of benzene rings is 2. The topological polar surface area (TPSA) is 99.4 Å². The van der Waals surface area contributed by atoms with Gasteiger partial charge in [0.1, 0.15) is 11.6 Å². The third-order valence-corrected chi connectivity index (χ3v) is 4.55. The number of hydrogen-bond donors (Lipinski definition) is 2. The highest BCUT2D eigenvalue weighted by molar-refractivity contribution is 9.10. The number of amides is 1. The molecule has 2 N–H and O–H groups in total. The molecule has 1 atom stereocenters. The fraction of sp³-hybridized carbons (Fsp3) is 0.150. The number of rotatable bonds is 7. The predicted octanol–water partition coefficient (Wildman–Crippen LogP) is 4.35. The smallest absolute Gasteiger partial charge is 0.341 e. The molecule has 0 aliphatic rings. The number of nitriles is 1. The zero-order chi connectivity index (χ0) is 20.7. The van der Waals surface area contributed by atoms with Crippen LogP contribution >= 0.6 is 27.5 Å². The first-order chi connectivity index (χ1) is 13.3.